The van der Waals surface area contributed by atoms with Gasteiger partial charge in [-0.15, -0.1) is 0 Å². The highest BCUT2D eigenvalue weighted by atomic mass is 79.9. The van der Waals surface area contributed by atoms with Crippen LogP contribution in [0.15, 0.2) is 22.9 Å². The third kappa shape index (κ3) is 1.49. The molecule has 1 aliphatic rings. The molecular weight excluding hydrogens is 264 g/mol. The van der Waals surface area contributed by atoms with Gasteiger partial charge < -0.3 is 0 Å². The van der Waals surface area contributed by atoms with E-state index in [1.807, 2.05) is 0 Å². The zero-order chi connectivity index (χ0) is 11.1. The number of nitrogens with zero attached hydrogens (tertiary/aromatic N) is 2. The van der Waals surface area contributed by atoms with Crippen LogP contribution in [0.2, 0.25) is 0 Å². The Kier molecular flexibility index (Phi) is 2.51. The van der Waals surface area contributed by atoms with Crippen LogP contribution < -0.4 is 0 Å². The molecule has 0 aliphatic heterocycles. The van der Waals surface area contributed by atoms with Crippen molar-refractivity contribution < 1.29 is 0 Å². The van der Waals surface area contributed by atoms with Gasteiger partial charge in [0.05, 0.1) is 5.69 Å². The molecule has 2 aromatic rings. The molecule has 0 bridgehead atoms. The standard InChI is InChI=1S/C13H15BrN2/c1-9-5-4-8-16-12(14)11(15-13(9)16)10-6-2-3-7-10/h4-5,8,10H,2-3,6-7H2,1H3. The molecule has 0 amide bonds. The molecule has 16 heavy (non-hydrogen) atoms. The van der Waals surface area contributed by atoms with Gasteiger partial charge in [-0.25, -0.2) is 4.98 Å². The summed E-state index contributed by atoms with van der Waals surface area (Å²) in [6.07, 6.45) is 7.37. The van der Waals surface area contributed by atoms with Crippen molar-refractivity contribution in [1.29, 1.82) is 0 Å². The maximum absolute atomic E-state index is 4.81. The topological polar surface area (TPSA) is 17.3 Å². The van der Waals surface area contributed by atoms with Crippen molar-refractivity contribution in [1.82, 2.24) is 9.38 Å². The van der Waals surface area contributed by atoms with Crippen LogP contribution in [-0.4, -0.2) is 9.38 Å². The van der Waals surface area contributed by atoms with Gasteiger partial charge in [-0.1, -0.05) is 18.9 Å². The minimum absolute atomic E-state index is 0.661. The summed E-state index contributed by atoms with van der Waals surface area (Å²) in [5.41, 5.74) is 3.59. The maximum Gasteiger partial charge on any atom is 0.140 e. The second kappa shape index (κ2) is 3.88. The molecule has 2 heterocycles. The van der Waals surface area contributed by atoms with Crippen molar-refractivity contribution in [2.24, 2.45) is 0 Å². The molecule has 1 saturated carbocycles. The van der Waals surface area contributed by atoms with Crippen LogP contribution in [0.5, 0.6) is 0 Å². The molecule has 1 fully saturated rings. The Bertz CT molecular complexity index is 524. The fraction of sp³-hybridized carbons (Fsp3) is 0.462. The van der Waals surface area contributed by atoms with Crippen LogP contribution in [0.3, 0.4) is 0 Å². The zero-order valence-corrected chi connectivity index (χ0v) is 11.0. The molecule has 0 unspecified atom stereocenters. The number of aryl methyl sites for hydroxylation is 1. The van der Waals surface area contributed by atoms with Gasteiger partial charge in [0, 0.05) is 12.1 Å². The first-order chi connectivity index (χ1) is 7.77. The van der Waals surface area contributed by atoms with Gasteiger partial charge in [-0.3, -0.25) is 4.40 Å². The third-order valence-electron chi connectivity index (χ3n) is 3.55. The minimum atomic E-state index is 0.661. The number of rotatable bonds is 1. The van der Waals surface area contributed by atoms with Crippen LogP contribution in [0.4, 0.5) is 0 Å². The predicted octanol–water partition coefficient (Wildman–Crippen LogP) is 4.06. The highest BCUT2D eigenvalue weighted by Crippen LogP contribution is 2.37. The molecular formula is C13H15BrN2. The van der Waals surface area contributed by atoms with Crippen LogP contribution in [0.25, 0.3) is 5.65 Å². The highest BCUT2D eigenvalue weighted by molar-refractivity contribution is 9.10. The van der Waals surface area contributed by atoms with Crippen molar-refractivity contribution in [2.75, 3.05) is 0 Å². The number of fused-ring (bicyclic) bond motifs is 1. The minimum Gasteiger partial charge on any atom is -0.294 e. The van der Waals surface area contributed by atoms with Gasteiger partial charge in [-0.2, -0.15) is 0 Å². The number of imidazole rings is 1. The lowest BCUT2D eigenvalue weighted by Crippen LogP contribution is -1.93. The Hall–Kier alpha value is -0.830. The summed E-state index contributed by atoms with van der Waals surface area (Å²) in [6, 6.07) is 4.19. The lowest BCUT2D eigenvalue weighted by molar-refractivity contribution is 0.699. The van der Waals surface area contributed by atoms with Crippen molar-refractivity contribution in [2.45, 2.75) is 38.5 Å². The largest absolute Gasteiger partial charge is 0.294 e. The average molecular weight is 279 g/mol. The Morgan fingerprint density at radius 2 is 2.12 bits per heavy atom. The second-order valence-electron chi connectivity index (χ2n) is 4.65. The number of halogens is 1. The summed E-state index contributed by atoms with van der Waals surface area (Å²) in [5.74, 6) is 0.661. The lowest BCUT2D eigenvalue weighted by atomic mass is 10.1. The maximum atomic E-state index is 4.81. The molecule has 0 spiro atoms. The smallest absolute Gasteiger partial charge is 0.140 e. The summed E-state index contributed by atoms with van der Waals surface area (Å²) in [5, 5.41) is 0. The molecule has 3 heteroatoms. The van der Waals surface area contributed by atoms with Crippen molar-refractivity contribution in [3.05, 3.63) is 34.2 Å². The Balaban J connectivity index is 2.18. The first kappa shape index (κ1) is 10.3. The molecule has 0 aromatic carbocycles. The molecule has 1 aliphatic carbocycles. The molecule has 2 aromatic heterocycles. The predicted molar refractivity (Wildman–Crippen MR) is 68.8 cm³/mol. The fourth-order valence-corrected chi connectivity index (χ4v) is 3.35. The summed E-state index contributed by atoms with van der Waals surface area (Å²) >= 11 is 3.70. The third-order valence-corrected chi connectivity index (χ3v) is 4.34. The molecule has 0 radical (unpaired) electrons. The Morgan fingerprint density at radius 1 is 1.38 bits per heavy atom. The SMILES string of the molecule is Cc1cccn2c(Br)c(C3CCCC3)nc12. The molecule has 2 nitrogen and oxygen atoms in total. The zero-order valence-electron chi connectivity index (χ0n) is 9.41. The Labute approximate surface area is 104 Å². The Morgan fingerprint density at radius 3 is 2.81 bits per heavy atom. The van der Waals surface area contributed by atoms with Gasteiger partial charge in [0.1, 0.15) is 10.3 Å². The molecule has 84 valence electrons. The van der Waals surface area contributed by atoms with Crippen LogP contribution in [0, 0.1) is 6.92 Å². The van der Waals surface area contributed by atoms with Crippen molar-refractivity contribution in [3.63, 3.8) is 0 Å². The first-order valence-corrected chi connectivity index (χ1v) is 6.70. The number of aromatic nitrogens is 2. The summed E-state index contributed by atoms with van der Waals surface area (Å²) in [7, 11) is 0. The molecule has 3 rings (SSSR count). The quantitative estimate of drug-likeness (QED) is 0.769. The van der Waals surface area contributed by atoms with Crippen LogP contribution >= 0.6 is 15.9 Å². The van der Waals surface area contributed by atoms with E-state index in [1.54, 1.807) is 0 Å². The van der Waals surface area contributed by atoms with E-state index >= 15 is 0 Å². The van der Waals surface area contributed by atoms with Gasteiger partial charge in [0.2, 0.25) is 0 Å². The molecule has 0 saturated heterocycles. The van der Waals surface area contributed by atoms with Crippen LogP contribution in [-0.2, 0) is 0 Å². The summed E-state index contributed by atoms with van der Waals surface area (Å²) < 4.78 is 3.31. The van der Waals surface area contributed by atoms with Crippen molar-refractivity contribution >= 4 is 21.6 Å². The number of hydrogen-bond acceptors (Lipinski definition) is 1. The van der Waals surface area contributed by atoms with Gasteiger partial charge in [-0.05, 0) is 47.3 Å². The van der Waals surface area contributed by atoms with E-state index in [0.29, 0.717) is 5.92 Å². The first-order valence-electron chi connectivity index (χ1n) is 5.90. The van der Waals surface area contributed by atoms with Crippen molar-refractivity contribution in [3.8, 4) is 0 Å². The van der Waals surface area contributed by atoms with E-state index in [4.69, 9.17) is 4.98 Å². The van der Waals surface area contributed by atoms with E-state index in [-0.39, 0.29) is 0 Å². The van der Waals surface area contributed by atoms with E-state index in [9.17, 15) is 0 Å². The number of pyridine rings is 1. The van der Waals surface area contributed by atoms with Gasteiger partial charge in [0.25, 0.3) is 0 Å². The van der Waals surface area contributed by atoms with E-state index in [2.05, 4.69) is 45.6 Å². The van der Waals surface area contributed by atoms with Gasteiger partial charge >= 0.3 is 0 Å². The lowest BCUT2D eigenvalue weighted by Gasteiger charge is -2.04. The van der Waals surface area contributed by atoms with Gasteiger partial charge in [0.15, 0.2) is 0 Å². The molecule has 0 N–H and O–H groups in total. The van der Waals surface area contributed by atoms with E-state index in [0.717, 1.165) is 10.3 Å². The highest BCUT2D eigenvalue weighted by Gasteiger charge is 2.23. The van der Waals surface area contributed by atoms with E-state index in [1.165, 1.54) is 36.9 Å². The van der Waals surface area contributed by atoms with E-state index < -0.39 is 0 Å². The summed E-state index contributed by atoms with van der Waals surface area (Å²) in [4.78, 5) is 4.81. The van der Waals surface area contributed by atoms with Crippen LogP contribution in [0.1, 0.15) is 42.9 Å². The fourth-order valence-electron chi connectivity index (χ4n) is 2.65. The number of hydrogen-bond donors (Lipinski definition) is 0. The average Bonchev–Trinajstić information content (AvgIpc) is 2.88. The normalized spacial score (nSPS) is 17.4. The molecule has 0 atom stereocenters. The summed E-state index contributed by atoms with van der Waals surface area (Å²) in [6.45, 7) is 2.12. The second-order valence-corrected chi connectivity index (χ2v) is 5.41. The monoisotopic (exact) mass is 278 g/mol.